The number of oxime groups is 1. The monoisotopic (exact) mass is 301 g/mol. The second-order valence-electron chi connectivity index (χ2n) is 5.54. The Labute approximate surface area is 125 Å². The van der Waals surface area contributed by atoms with E-state index in [4.69, 9.17) is 0 Å². The Kier molecular flexibility index (Phi) is 2.85. The molecule has 0 radical (unpaired) electrons. The molecule has 2 aromatic heterocycles. The van der Waals surface area contributed by atoms with Gasteiger partial charge in [0.2, 0.25) is 0 Å². The first-order valence-electron chi connectivity index (χ1n) is 7.04. The largest absolute Gasteiger partial charge is 0.411 e. The van der Waals surface area contributed by atoms with Crippen LogP contribution >= 0.6 is 11.3 Å². The summed E-state index contributed by atoms with van der Waals surface area (Å²) in [5.41, 5.74) is 2.53. The number of fused-ring (bicyclic) bond motifs is 3. The Morgan fingerprint density at radius 1 is 1.48 bits per heavy atom. The first kappa shape index (κ1) is 12.6. The summed E-state index contributed by atoms with van der Waals surface area (Å²) in [6, 6.07) is 5.69. The summed E-state index contributed by atoms with van der Waals surface area (Å²) >= 11 is 1.56. The Morgan fingerprint density at radius 3 is 3.10 bits per heavy atom. The van der Waals surface area contributed by atoms with E-state index >= 15 is 0 Å². The molecule has 0 spiro atoms. The zero-order chi connectivity index (χ0) is 14.4. The number of nitrogens with zero attached hydrogens (tertiary/aromatic N) is 2. The molecule has 6 heteroatoms. The maximum atomic E-state index is 12.4. The van der Waals surface area contributed by atoms with E-state index < -0.39 is 0 Å². The molecule has 3 heterocycles. The van der Waals surface area contributed by atoms with Gasteiger partial charge in [-0.05, 0) is 36.4 Å². The lowest BCUT2D eigenvalue weighted by molar-refractivity contribution is 0.0940. The highest BCUT2D eigenvalue weighted by atomic mass is 32.1. The predicted molar refractivity (Wildman–Crippen MR) is 80.4 cm³/mol. The summed E-state index contributed by atoms with van der Waals surface area (Å²) in [7, 11) is 0. The molecule has 2 aliphatic rings. The van der Waals surface area contributed by atoms with Crippen molar-refractivity contribution in [3.05, 3.63) is 41.0 Å². The fraction of sp³-hybridized carbons (Fsp3) is 0.333. The molecule has 1 amide bonds. The molecule has 1 saturated carbocycles. The fourth-order valence-electron chi connectivity index (χ4n) is 2.90. The Hall–Kier alpha value is -2.08. The van der Waals surface area contributed by atoms with Crippen molar-refractivity contribution in [2.75, 3.05) is 0 Å². The zero-order valence-corrected chi connectivity index (χ0v) is 12.1. The van der Waals surface area contributed by atoms with Gasteiger partial charge in [-0.15, -0.1) is 11.3 Å². The Bertz CT molecular complexity index is 727. The van der Waals surface area contributed by atoms with Crippen LogP contribution in [0.4, 0.5) is 0 Å². The molecule has 0 aromatic carbocycles. The normalized spacial score (nSPS) is 21.4. The first-order chi connectivity index (χ1) is 10.3. The van der Waals surface area contributed by atoms with Crippen LogP contribution in [-0.2, 0) is 0 Å². The minimum absolute atomic E-state index is 0.0620. The number of carbonyl (C=O) groups excluding carboxylic acids is 1. The number of rotatable bonds is 3. The molecule has 2 aromatic rings. The van der Waals surface area contributed by atoms with E-state index in [1.165, 1.54) is 0 Å². The van der Waals surface area contributed by atoms with Crippen LogP contribution in [0.2, 0.25) is 0 Å². The summed E-state index contributed by atoms with van der Waals surface area (Å²) in [5.74, 6) is 0.320. The number of amides is 1. The van der Waals surface area contributed by atoms with Crippen molar-refractivity contribution in [2.24, 2.45) is 11.1 Å². The smallest absolute Gasteiger partial charge is 0.254 e. The fourth-order valence-corrected chi connectivity index (χ4v) is 3.80. The standard InChI is InChI=1S/C15H15N3O2S/c19-14-10-5-7-21-15(10)18-6-1-2-13(18)12(16-14)8-11(17-20)9-3-4-9/h1-2,5-7,9,12,20H,3-4,8H2,(H,16,19). The lowest BCUT2D eigenvalue weighted by atomic mass is 10.0. The third-order valence-corrected chi connectivity index (χ3v) is 5.05. The van der Waals surface area contributed by atoms with Gasteiger partial charge in [0.25, 0.3) is 5.91 Å². The molecule has 108 valence electrons. The molecule has 0 bridgehead atoms. The van der Waals surface area contributed by atoms with Crippen molar-refractivity contribution >= 4 is 23.0 Å². The van der Waals surface area contributed by atoms with Crippen molar-refractivity contribution in [1.82, 2.24) is 9.88 Å². The summed E-state index contributed by atoms with van der Waals surface area (Å²) in [6.07, 6.45) is 4.69. The van der Waals surface area contributed by atoms with Crippen molar-refractivity contribution in [1.29, 1.82) is 0 Å². The first-order valence-corrected chi connectivity index (χ1v) is 7.92. The van der Waals surface area contributed by atoms with Crippen molar-refractivity contribution in [3.8, 4) is 5.00 Å². The molecule has 1 aliphatic heterocycles. The van der Waals surface area contributed by atoms with Crippen LogP contribution in [0.25, 0.3) is 5.00 Å². The molecule has 4 rings (SSSR count). The van der Waals surface area contributed by atoms with Crippen LogP contribution in [0.5, 0.6) is 0 Å². The van der Waals surface area contributed by atoms with Gasteiger partial charge in [0.1, 0.15) is 5.00 Å². The summed E-state index contributed by atoms with van der Waals surface area (Å²) in [5, 5.41) is 18.6. The van der Waals surface area contributed by atoms with Crippen molar-refractivity contribution in [2.45, 2.75) is 25.3 Å². The highest BCUT2D eigenvalue weighted by Gasteiger charge is 2.33. The summed E-state index contributed by atoms with van der Waals surface area (Å²) in [4.78, 5) is 12.4. The third kappa shape index (κ3) is 2.06. The lowest BCUT2D eigenvalue weighted by Crippen LogP contribution is -2.29. The maximum Gasteiger partial charge on any atom is 0.254 e. The van der Waals surface area contributed by atoms with Crippen molar-refractivity contribution < 1.29 is 10.0 Å². The minimum atomic E-state index is -0.154. The van der Waals surface area contributed by atoms with E-state index in [1.54, 1.807) is 11.3 Å². The third-order valence-electron chi connectivity index (χ3n) is 4.14. The second-order valence-corrected chi connectivity index (χ2v) is 6.43. The molecule has 1 fully saturated rings. The molecule has 21 heavy (non-hydrogen) atoms. The highest BCUT2D eigenvalue weighted by Crippen LogP contribution is 2.36. The van der Waals surface area contributed by atoms with Gasteiger partial charge in [-0.25, -0.2) is 0 Å². The van der Waals surface area contributed by atoms with E-state index in [9.17, 15) is 10.0 Å². The Morgan fingerprint density at radius 2 is 2.33 bits per heavy atom. The second kappa shape index (κ2) is 4.73. The van der Waals surface area contributed by atoms with Gasteiger partial charge < -0.3 is 15.1 Å². The number of nitrogens with one attached hydrogen (secondary N) is 1. The number of carbonyl (C=O) groups is 1. The molecular formula is C15H15N3O2S. The van der Waals surface area contributed by atoms with Gasteiger partial charge in [-0.2, -0.15) is 0 Å². The number of thiophene rings is 1. The zero-order valence-electron chi connectivity index (χ0n) is 11.3. The Balaban J connectivity index is 1.73. The van der Waals surface area contributed by atoms with Gasteiger partial charge in [0, 0.05) is 24.2 Å². The van der Waals surface area contributed by atoms with Gasteiger partial charge in [-0.3, -0.25) is 4.79 Å². The van der Waals surface area contributed by atoms with Crippen LogP contribution in [0.1, 0.15) is 41.4 Å². The van der Waals surface area contributed by atoms with E-state index in [0.29, 0.717) is 17.9 Å². The maximum absolute atomic E-state index is 12.4. The molecule has 2 N–H and O–H groups in total. The van der Waals surface area contributed by atoms with Gasteiger partial charge in [-0.1, -0.05) is 5.16 Å². The number of hydrogen-bond donors (Lipinski definition) is 2. The SMILES string of the molecule is O=C1NC(CC(=NO)C2CC2)c2cccn2-c2sccc21. The summed E-state index contributed by atoms with van der Waals surface area (Å²) in [6.45, 7) is 0. The minimum Gasteiger partial charge on any atom is -0.411 e. The van der Waals surface area contributed by atoms with Crippen LogP contribution in [-0.4, -0.2) is 21.4 Å². The average molecular weight is 301 g/mol. The predicted octanol–water partition coefficient (Wildman–Crippen LogP) is 2.95. The number of hydrogen-bond acceptors (Lipinski definition) is 4. The molecule has 1 unspecified atom stereocenters. The molecule has 0 saturated heterocycles. The highest BCUT2D eigenvalue weighted by molar-refractivity contribution is 7.13. The van der Waals surface area contributed by atoms with E-state index in [2.05, 4.69) is 15.0 Å². The number of aromatic nitrogens is 1. The lowest BCUT2D eigenvalue weighted by Gasteiger charge is -2.17. The molecule has 1 atom stereocenters. The van der Waals surface area contributed by atoms with Crippen LogP contribution in [0, 0.1) is 5.92 Å². The van der Waals surface area contributed by atoms with E-state index in [-0.39, 0.29) is 11.9 Å². The van der Waals surface area contributed by atoms with E-state index in [0.717, 1.165) is 29.2 Å². The molecule has 1 aliphatic carbocycles. The quantitative estimate of drug-likeness (QED) is 0.520. The summed E-state index contributed by atoms with van der Waals surface area (Å²) < 4.78 is 2.06. The van der Waals surface area contributed by atoms with Gasteiger partial charge in [0.15, 0.2) is 0 Å². The van der Waals surface area contributed by atoms with E-state index in [1.807, 2.05) is 29.8 Å². The van der Waals surface area contributed by atoms with Crippen LogP contribution in [0.15, 0.2) is 34.9 Å². The molecular weight excluding hydrogens is 286 g/mol. The van der Waals surface area contributed by atoms with Crippen LogP contribution < -0.4 is 5.32 Å². The van der Waals surface area contributed by atoms with Gasteiger partial charge in [0.05, 0.1) is 17.3 Å². The van der Waals surface area contributed by atoms with Gasteiger partial charge >= 0.3 is 0 Å². The average Bonchev–Trinajstić information content (AvgIpc) is 3.04. The van der Waals surface area contributed by atoms with Crippen molar-refractivity contribution in [3.63, 3.8) is 0 Å². The van der Waals surface area contributed by atoms with Crippen LogP contribution in [0.3, 0.4) is 0 Å². The molecule has 5 nitrogen and oxygen atoms in total. The topological polar surface area (TPSA) is 66.6 Å².